The van der Waals surface area contributed by atoms with Gasteiger partial charge in [0.25, 0.3) is 0 Å². The predicted octanol–water partition coefficient (Wildman–Crippen LogP) is 2.48. The molecule has 0 aliphatic carbocycles. The Morgan fingerprint density at radius 1 is 1.10 bits per heavy atom. The van der Waals surface area contributed by atoms with Crippen molar-refractivity contribution in [2.24, 2.45) is 10.7 Å². The van der Waals surface area contributed by atoms with E-state index in [0.717, 1.165) is 68.2 Å². The molecule has 1 atom stereocenters. The minimum atomic E-state index is -1.01. The lowest BCUT2D eigenvalue weighted by atomic mass is 9.99. The number of rotatable bonds is 7. The van der Waals surface area contributed by atoms with Crippen LogP contribution in [-0.4, -0.2) is 50.4 Å². The molecular weight excluding hydrogens is 396 g/mol. The minimum absolute atomic E-state index is 0.712. The first-order chi connectivity index (χ1) is 14.6. The average molecular weight is 425 g/mol. The van der Waals surface area contributed by atoms with E-state index in [0.29, 0.717) is 5.02 Å². The van der Waals surface area contributed by atoms with Crippen molar-refractivity contribution in [2.45, 2.75) is 12.2 Å². The molecule has 0 saturated carbocycles. The largest absolute Gasteiger partial charge is 0.372 e. The third-order valence-electron chi connectivity index (χ3n) is 5.48. The molecule has 1 unspecified atom stereocenters. The Bertz CT molecular complexity index is 921. The Hall–Kier alpha value is -2.38. The molecule has 7 heteroatoms. The fraction of sp³-hybridized carbons (Fsp3) is 0.348. The monoisotopic (exact) mass is 424 g/mol. The second kappa shape index (κ2) is 9.62. The Balaban J connectivity index is 1.37. The molecule has 5 N–H and O–H groups in total. The van der Waals surface area contributed by atoms with Crippen LogP contribution in [-0.2, 0) is 5.79 Å². The Morgan fingerprint density at radius 3 is 2.67 bits per heavy atom. The fourth-order valence-electron chi connectivity index (χ4n) is 3.82. The van der Waals surface area contributed by atoms with E-state index in [1.54, 1.807) is 6.21 Å². The molecule has 0 aromatic heterocycles. The van der Waals surface area contributed by atoms with E-state index in [-0.39, 0.29) is 0 Å². The standard InChI is InChI=1S/C23H29ClN6/c24-21-7-2-5-19(17-21)18-4-1-6-20(16-18)23(25)28-10-8-22(29-23)27-9-3-13-30-14-11-26-12-15-30/h1-2,4-8,10,16-17,26-27,29H,3,9,11-15,25H2. The van der Waals surface area contributed by atoms with Crippen molar-refractivity contribution in [3.8, 4) is 11.1 Å². The SMILES string of the molecule is NC1(c2cccc(-c3cccc(Cl)c3)c2)N=CC=C(NCCCN2CCNCC2)N1. The van der Waals surface area contributed by atoms with Gasteiger partial charge in [0, 0.05) is 49.5 Å². The zero-order chi connectivity index (χ0) is 20.8. The summed E-state index contributed by atoms with van der Waals surface area (Å²) in [5.74, 6) is -0.120. The average Bonchev–Trinajstić information content (AvgIpc) is 2.78. The lowest BCUT2D eigenvalue weighted by Crippen LogP contribution is -2.52. The highest BCUT2D eigenvalue weighted by Crippen LogP contribution is 2.27. The minimum Gasteiger partial charge on any atom is -0.372 e. The number of hydrogen-bond acceptors (Lipinski definition) is 6. The summed E-state index contributed by atoms with van der Waals surface area (Å²) in [6.45, 7) is 6.41. The maximum atomic E-state index is 6.64. The summed E-state index contributed by atoms with van der Waals surface area (Å²) < 4.78 is 0. The van der Waals surface area contributed by atoms with Gasteiger partial charge < -0.3 is 20.9 Å². The molecule has 0 radical (unpaired) electrons. The number of hydrogen-bond donors (Lipinski definition) is 4. The van der Waals surface area contributed by atoms with Gasteiger partial charge in [0.15, 0.2) is 0 Å². The highest BCUT2D eigenvalue weighted by atomic mass is 35.5. The fourth-order valence-corrected chi connectivity index (χ4v) is 4.01. The molecule has 0 spiro atoms. The van der Waals surface area contributed by atoms with E-state index >= 15 is 0 Å². The number of nitrogens with two attached hydrogens (primary N) is 1. The zero-order valence-corrected chi connectivity index (χ0v) is 17.8. The van der Waals surface area contributed by atoms with Crippen molar-refractivity contribution < 1.29 is 0 Å². The molecule has 1 saturated heterocycles. The van der Waals surface area contributed by atoms with E-state index < -0.39 is 5.79 Å². The van der Waals surface area contributed by atoms with Crippen molar-refractivity contribution in [1.82, 2.24) is 20.9 Å². The first-order valence-electron chi connectivity index (χ1n) is 10.5. The van der Waals surface area contributed by atoms with Crippen LogP contribution in [0.1, 0.15) is 12.0 Å². The van der Waals surface area contributed by atoms with Gasteiger partial charge in [0.2, 0.25) is 5.79 Å². The molecule has 158 valence electrons. The lowest BCUT2D eigenvalue weighted by Gasteiger charge is -2.32. The molecular formula is C23H29ClN6. The number of nitrogens with one attached hydrogen (secondary N) is 3. The van der Waals surface area contributed by atoms with E-state index in [1.165, 1.54) is 0 Å². The summed E-state index contributed by atoms with van der Waals surface area (Å²) in [7, 11) is 0. The van der Waals surface area contributed by atoms with Crippen LogP contribution in [0.3, 0.4) is 0 Å². The molecule has 2 heterocycles. The Morgan fingerprint density at radius 2 is 1.87 bits per heavy atom. The first-order valence-corrected chi connectivity index (χ1v) is 10.9. The number of aliphatic imine (C=N–C) groups is 1. The van der Waals surface area contributed by atoms with E-state index in [9.17, 15) is 0 Å². The summed E-state index contributed by atoms with van der Waals surface area (Å²) in [5.41, 5.74) is 9.63. The number of allylic oxidation sites excluding steroid dienone is 1. The van der Waals surface area contributed by atoms with Gasteiger partial charge in [-0.1, -0.05) is 41.9 Å². The van der Waals surface area contributed by atoms with Crippen molar-refractivity contribution >= 4 is 17.8 Å². The highest BCUT2D eigenvalue weighted by Gasteiger charge is 2.28. The van der Waals surface area contributed by atoms with Crippen LogP contribution in [0, 0.1) is 0 Å². The van der Waals surface area contributed by atoms with E-state index in [1.807, 2.05) is 42.5 Å². The summed E-state index contributed by atoms with van der Waals surface area (Å²) in [5, 5.41) is 10.9. The van der Waals surface area contributed by atoms with Gasteiger partial charge in [0.1, 0.15) is 5.82 Å². The van der Waals surface area contributed by atoms with Crippen LogP contribution in [0.25, 0.3) is 11.1 Å². The predicted molar refractivity (Wildman–Crippen MR) is 124 cm³/mol. The van der Waals surface area contributed by atoms with Crippen LogP contribution in [0.15, 0.2) is 65.4 Å². The van der Waals surface area contributed by atoms with Gasteiger partial charge in [-0.05, 0) is 48.4 Å². The van der Waals surface area contributed by atoms with Crippen molar-refractivity contribution in [3.05, 3.63) is 71.0 Å². The van der Waals surface area contributed by atoms with Crippen LogP contribution >= 0.6 is 11.6 Å². The molecule has 2 aromatic rings. The van der Waals surface area contributed by atoms with Gasteiger partial charge >= 0.3 is 0 Å². The van der Waals surface area contributed by atoms with Gasteiger partial charge in [-0.25, -0.2) is 4.99 Å². The van der Waals surface area contributed by atoms with Gasteiger partial charge in [-0.2, -0.15) is 0 Å². The van der Waals surface area contributed by atoms with Crippen LogP contribution in [0.5, 0.6) is 0 Å². The maximum absolute atomic E-state index is 6.64. The molecule has 2 aromatic carbocycles. The topological polar surface area (TPSA) is 77.7 Å². The maximum Gasteiger partial charge on any atom is 0.210 e. The molecule has 6 nitrogen and oxygen atoms in total. The first kappa shape index (κ1) is 20.9. The van der Waals surface area contributed by atoms with Crippen molar-refractivity contribution in [1.29, 1.82) is 0 Å². The second-order valence-corrected chi connectivity index (χ2v) is 8.15. The third kappa shape index (κ3) is 5.21. The summed E-state index contributed by atoms with van der Waals surface area (Å²) in [4.78, 5) is 7.02. The Kier molecular flexibility index (Phi) is 6.69. The van der Waals surface area contributed by atoms with Crippen LogP contribution in [0.2, 0.25) is 5.02 Å². The molecule has 2 aliphatic heterocycles. The zero-order valence-electron chi connectivity index (χ0n) is 17.1. The molecule has 2 aliphatic rings. The number of nitrogens with zero attached hydrogens (tertiary/aromatic N) is 2. The summed E-state index contributed by atoms with van der Waals surface area (Å²) >= 11 is 6.16. The second-order valence-electron chi connectivity index (χ2n) is 7.71. The van der Waals surface area contributed by atoms with Crippen molar-refractivity contribution in [3.63, 3.8) is 0 Å². The third-order valence-corrected chi connectivity index (χ3v) is 5.72. The van der Waals surface area contributed by atoms with Gasteiger partial charge in [0.05, 0.1) is 0 Å². The number of halogens is 1. The smallest absolute Gasteiger partial charge is 0.210 e. The lowest BCUT2D eigenvalue weighted by molar-refractivity contribution is 0.238. The Labute approximate surface area is 183 Å². The molecule has 4 rings (SSSR count). The van der Waals surface area contributed by atoms with Crippen LogP contribution < -0.4 is 21.7 Å². The normalized spacial score (nSPS) is 21.7. The van der Waals surface area contributed by atoms with E-state index in [2.05, 4.69) is 38.0 Å². The molecule has 1 fully saturated rings. The highest BCUT2D eigenvalue weighted by molar-refractivity contribution is 6.30. The molecule has 0 amide bonds. The molecule has 30 heavy (non-hydrogen) atoms. The number of piperazine rings is 1. The summed E-state index contributed by atoms with van der Waals surface area (Å²) in [6.07, 6.45) is 4.77. The van der Waals surface area contributed by atoms with Gasteiger partial charge in [-0.15, -0.1) is 0 Å². The van der Waals surface area contributed by atoms with E-state index in [4.69, 9.17) is 17.3 Å². The van der Waals surface area contributed by atoms with Crippen molar-refractivity contribution in [2.75, 3.05) is 39.3 Å². The molecule has 0 bridgehead atoms. The number of benzene rings is 2. The summed E-state index contributed by atoms with van der Waals surface area (Å²) in [6, 6.07) is 15.9. The van der Waals surface area contributed by atoms with Gasteiger partial charge in [-0.3, -0.25) is 5.73 Å². The quantitative estimate of drug-likeness (QED) is 0.514. The van der Waals surface area contributed by atoms with Crippen LogP contribution in [0.4, 0.5) is 0 Å².